The van der Waals surface area contributed by atoms with Gasteiger partial charge in [-0.25, -0.2) is 13.6 Å². The summed E-state index contributed by atoms with van der Waals surface area (Å²) in [6.07, 6.45) is 1.00. The monoisotopic (exact) mass is 280 g/mol. The third kappa shape index (κ3) is 2.67. The van der Waals surface area contributed by atoms with Gasteiger partial charge in [0, 0.05) is 23.1 Å². The average Bonchev–Trinajstić information content (AvgIpc) is 2.57. The van der Waals surface area contributed by atoms with Crippen molar-refractivity contribution in [2.24, 2.45) is 11.1 Å². The van der Waals surface area contributed by atoms with E-state index in [4.69, 9.17) is 5.14 Å². The Kier molecular flexibility index (Phi) is 3.69. The van der Waals surface area contributed by atoms with Crippen LogP contribution in [0.25, 0.3) is 10.9 Å². The quantitative estimate of drug-likeness (QED) is 0.935. The summed E-state index contributed by atoms with van der Waals surface area (Å²) in [4.78, 5) is 0.256. The number of nitrogens with two attached hydrogens (primary N) is 1. The van der Waals surface area contributed by atoms with Gasteiger partial charge >= 0.3 is 0 Å². The highest BCUT2D eigenvalue weighted by molar-refractivity contribution is 7.89. The molecule has 2 rings (SSSR count). The third-order valence-corrected chi connectivity index (χ3v) is 4.47. The highest BCUT2D eigenvalue weighted by Gasteiger charge is 2.21. The number of nitrogens with zero attached hydrogens (tertiary/aromatic N) is 1. The minimum absolute atomic E-state index is 0.256. The van der Waals surface area contributed by atoms with E-state index in [-0.39, 0.29) is 4.90 Å². The van der Waals surface area contributed by atoms with E-state index < -0.39 is 10.0 Å². The minimum Gasteiger partial charge on any atom is -0.343 e. The largest absolute Gasteiger partial charge is 0.343 e. The molecule has 0 bridgehead atoms. The summed E-state index contributed by atoms with van der Waals surface area (Å²) < 4.78 is 25.6. The first-order valence-corrected chi connectivity index (χ1v) is 7.97. The highest BCUT2D eigenvalue weighted by atomic mass is 32.2. The molecule has 1 aromatic carbocycles. The van der Waals surface area contributed by atoms with Crippen LogP contribution in [0.2, 0.25) is 0 Å². The molecular weight excluding hydrogens is 260 g/mol. The number of para-hydroxylation sites is 1. The number of aryl methyl sites for hydroxylation is 1. The molecular formula is C14H20N2O2S. The molecule has 5 heteroatoms. The number of hydrogen-bond acceptors (Lipinski definition) is 2. The van der Waals surface area contributed by atoms with Crippen LogP contribution in [0.3, 0.4) is 0 Å². The van der Waals surface area contributed by atoms with E-state index in [0.29, 0.717) is 11.3 Å². The molecule has 0 aliphatic carbocycles. The number of benzene rings is 1. The predicted molar refractivity (Wildman–Crippen MR) is 77.5 cm³/mol. The molecule has 0 unspecified atom stereocenters. The van der Waals surface area contributed by atoms with Gasteiger partial charge in [-0.05, 0) is 25.3 Å². The van der Waals surface area contributed by atoms with Crippen LogP contribution in [0.5, 0.6) is 0 Å². The first kappa shape index (κ1) is 14.1. The maximum atomic E-state index is 11.8. The fraction of sp³-hybridized carbons (Fsp3) is 0.429. The lowest BCUT2D eigenvalue weighted by atomic mass is 10.1. The van der Waals surface area contributed by atoms with Gasteiger partial charge < -0.3 is 4.57 Å². The Balaban J connectivity index is 2.68. The van der Waals surface area contributed by atoms with Gasteiger partial charge in [-0.2, -0.15) is 0 Å². The minimum atomic E-state index is -3.70. The Morgan fingerprint density at radius 3 is 2.47 bits per heavy atom. The van der Waals surface area contributed by atoms with Crippen molar-refractivity contribution in [2.45, 2.75) is 38.6 Å². The van der Waals surface area contributed by atoms with Crippen molar-refractivity contribution in [2.75, 3.05) is 0 Å². The molecule has 104 valence electrons. The van der Waals surface area contributed by atoms with Crippen molar-refractivity contribution < 1.29 is 8.42 Å². The molecule has 4 nitrogen and oxygen atoms in total. The Hall–Kier alpha value is -1.33. The van der Waals surface area contributed by atoms with Crippen LogP contribution in [0.15, 0.2) is 29.2 Å². The zero-order chi connectivity index (χ0) is 14.2. The fourth-order valence-corrected chi connectivity index (χ4v) is 3.43. The SMILES string of the molecule is Cc1c(S(N)(=O)=O)c2ccccc2n1CCC(C)C. The number of hydrogen-bond donors (Lipinski definition) is 1. The summed E-state index contributed by atoms with van der Waals surface area (Å²) in [5.74, 6) is 0.568. The second kappa shape index (κ2) is 4.98. The molecule has 0 radical (unpaired) electrons. The Labute approximate surface area is 114 Å². The fourth-order valence-electron chi connectivity index (χ4n) is 2.43. The standard InChI is InChI=1S/C14H20N2O2S/c1-10(2)8-9-16-11(3)14(19(15,17)18)12-6-4-5-7-13(12)16/h4-7,10H,8-9H2,1-3H3,(H2,15,17,18). The van der Waals surface area contributed by atoms with Crippen LogP contribution in [-0.2, 0) is 16.6 Å². The van der Waals surface area contributed by atoms with Gasteiger partial charge in [-0.1, -0.05) is 32.0 Å². The Morgan fingerprint density at radius 2 is 1.89 bits per heavy atom. The average molecular weight is 280 g/mol. The molecule has 19 heavy (non-hydrogen) atoms. The molecule has 0 atom stereocenters. The van der Waals surface area contributed by atoms with Crippen LogP contribution >= 0.6 is 0 Å². The molecule has 1 heterocycles. The number of rotatable bonds is 4. The number of sulfonamides is 1. The molecule has 0 spiro atoms. The first-order valence-electron chi connectivity index (χ1n) is 6.43. The first-order chi connectivity index (χ1) is 8.82. The second-order valence-corrected chi connectivity index (χ2v) is 6.81. The lowest BCUT2D eigenvalue weighted by molar-refractivity contribution is 0.517. The summed E-state index contributed by atoms with van der Waals surface area (Å²) >= 11 is 0. The van der Waals surface area contributed by atoms with Crippen molar-refractivity contribution in [3.63, 3.8) is 0 Å². The maximum absolute atomic E-state index is 11.8. The molecule has 0 saturated carbocycles. The van der Waals surface area contributed by atoms with Crippen LogP contribution < -0.4 is 5.14 Å². The van der Waals surface area contributed by atoms with E-state index in [9.17, 15) is 8.42 Å². The van der Waals surface area contributed by atoms with E-state index in [1.54, 1.807) is 0 Å². The molecule has 0 saturated heterocycles. The van der Waals surface area contributed by atoms with Crippen LogP contribution in [0, 0.1) is 12.8 Å². The van der Waals surface area contributed by atoms with Gasteiger partial charge in [0.15, 0.2) is 0 Å². The third-order valence-electron chi connectivity index (χ3n) is 3.39. The molecule has 2 N–H and O–H groups in total. The number of aromatic nitrogens is 1. The Bertz CT molecular complexity index is 700. The van der Waals surface area contributed by atoms with Crippen molar-refractivity contribution in [3.05, 3.63) is 30.0 Å². The number of primary sulfonamides is 1. The smallest absolute Gasteiger partial charge is 0.240 e. The van der Waals surface area contributed by atoms with E-state index >= 15 is 0 Å². The van der Waals surface area contributed by atoms with E-state index in [0.717, 1.165) is 24.2 Å². The summed E-state index contributed by atoms with van der Waals surface area (Å²) in [7, 11) is -3.70. The summed E-state index contributed by atoms with van der Waals surface area (Å²) in [6, 6.07) is 7.51. The van der Waals surface area contributed by atoms with E-state index in [1.165, 1.54) is 0 Å². The van der Waals surface area contributed by atoms with Gasteiger partial charge in [0.25, 0.3) is 0 Å². The van der Waals surface area contributed by atoms with Gasteiger partial charge in [0.05, 0.1) is 0 Å². The van der Waals surface area contributed by atoms with Gasteiger partial charge in [-0.15, -0.1) is 0 Å². The zero-order valence-electron chi connectivity index (χ0n) is 11.6. The van der Waals surface area contributed by atoms with Crippen molar-refractivity contribution >= 4 is 20.9 Å². The molecule has 2 aromatic rings. The molecule has 0 amide bonds. The highest BCUT2D eigenvalue weighted by Crippen LogP contribution is 2.29. The lowest BCUT2D eigenvalue weighted by Gasteiger charge is -2.10. The normalized spacial score (nSPS) is 12.5. The molecule has 0 aliphatic heterocycles. The zero-order valence-corrected chi connectivity index (χ0v) is 12.4. The van der Waals surface area contributed by atoms with E-state index in [1.807, 2.05) is 31.2 Å². The van der Waals surface area contributed by atoms with Crippen LogP contribution in [0.4, 0.5) is 0 Å². The molecule has 0 fully saturated rings. The van der Waals surface area contributed by atoms with Gasteiger partial charge in [0.1, 0.15) is 4.90 Å². The summed E-state index contributed by atoms with van der Waals surface area (Å²) in [5.41, 5.74) is 1.66. The maximum Gasteiger partial charge on any atom is 0.240 e. The van der Waals surface area contributed by atoms with Gasteiger partial charge in [0.2, 0.25) is 10.0 Å². The molecule has 0 aliphatic rings. The molecule has 1 aromatic heterocycles. The van der Waals surface area contributed by atoms with E-state index in [2.05, 4.69) is 18.4 Å². The number of fused-ring (bicyclic) bond motifs is 1. The predicted octanol–water partition coefficient (Wildman–Crippen LogP) is 2.64. The van der Waals surface area contributed by atoms with Crippen molar-refractivity contribution in [1.29, 1.82) is 0 Å². The van der Waals surface area contributed by atoms with Gasteiger partial charge in [-0.3, -0.25) is 0 Å². The Morgan fingerprint density at radius 1 is 1.26 bits per heavy atom. The van der Waals surface area contributed by atoms with Crippen LogP contribution in [-0.4, -0.2) is 13.0 Å². The van der Waals surface area contributed by atoms with Crippen molar-refractivity contribution in [1.82, 2.24) is 4.57 Å². The summed E-state index contributed by atoms with van der Waals surface area (Å²) in [6.45, 7) is 6.93. The lowest BCUT2D eigenvalue weighted by Crippen LogP contribution is -2.14. The summed E-state index contributed by atoms with van der Waals surface area (Å²) in [5, 5.41) is 6.07. The van der Waals surface area contributed by atoms with Crippen LogP contribution in [0.1, 0.15) is 26.0 Å². The topological polar surface area (TPSA) is 65.1 Å². The van der Waals surface area contributed by atoms with Crippen molar-refractivity contribution in [3.8, 4) is 0 Å². The second-order valence-electron chi connectivity index (χ2n) is 5.31.